The molecule has 2 N–H and O–H groups in total. The Hall–Kier alpha value is -1.22. The molecule has 90 valence electrons. The molecular weight excluding hydrogens is 202 g/mol. The zero-order valence-electron chi connectivity index (χ0n) is 10.5. The molecule has 0 saturated carbocycles. The Morgan fingerprint density at radius 1 is 1.06 bits per heavy atom. The molecule has 1 unspecified atom stereocenters. The Kier molecular flexibility index (Phi) is 4.62. The summed E-state index contributed by atoms with van der Waals surface area (Å²) in [6.07, 6.45) is 0.839. The van der Waals surface area contributed by atoms with Crippen molar-refractivity contribution < 1.29 is 9.47 Å². The number of hydrogen-bond acceptors (Lipinski definition) is 3. The van der Waals surface area contributed by atoms with Crippen molar-refractivity contribution in [1.82, 2.24) is 0 Å². The molecule has 0 aromatic heterocycles. The first-order chi connectivity index (χ1) is 7.56. The van der Waals surface area contributed by atoms with Gasteiger partial charge in [-0.2, -0.15) is 0 Å². The lowest BCUT2D eigenvalue weighted by Crippen LogP contribution is -2.28. The Morgan fingerprint density at radius 2 is 1.56 bits per heavy atom. The summed E-state index contributed by atoms with van der Waals surface area (Å²) < 4.78 is 10.4. The summed E-state index contributed by atoms with van der Waals surface area (Å²) in [6.45, 7) is 4.25. The molecule has 3 heteroatoms. The Labute approximate surface area is 97.6 Å². The van der Waals surface area contributed by atoms with Gasteiger partial charge in [0, 0.05) is 12.1 Å². The van der Waals surface area contributed by atoms with Crippen LogP contribution in [0.15, 0.2) is 18.2 Å². The van der Waals surface area contributed by atoms with Crippen LogP contribution in [0.2, 0.25) is 0 Å². The fourth-order valence-electron chi connectivity index (χ4n) is 1.49. The molecule has 0 saturated heterocycles. The molecule has 0 heterocycles. The third kappa shape index (κ3) is 3.42. The van der Waals surface area contributed by atoms with Crippen LogP contribution in [0, 0.1) is 5.92 Å². The van der Waals surface area contributed by atoms with Crippen molar-refractivity contribution in [3.05, 3.63) is 23.8 Å². The minimum absolute atomic E-state index is 0.164. The molecule has 1 rings (SSSR count). The minimum atomic E-state index is 0.164. The van der Waals surface area contributed by atoms with Crippen LogP contribution in [-0.2, 0) is 6.42 Å². The lowest BCUT2D eigenvalue weighted by atomic mass is 9.97. The molecule has 0 aliphatic carbocycles. The summed E-state index contributed by atoms with van der Waals surface area (Å²) in [4.78, 5) is 0. The standard InChI is InChI=1S/C13H21NO2/c1-9(2)13(14)7-10-5-11(15-3)8-12(6-10)16-4/h5-6,8-9,13H,7,14H2,1-4H3. The van der Waals surface area contributed by atoms with Gasteiger partial charge in [0.05, 0.1) is 14.2 Å². The van der Waals surface area contributed by atoms with Crippen LogP contribution in [-0.4, -0.2) is 20.3 Å². The van der Waals surface area contributed by atoms with Crippen molar-refractivity contribution in [3.63, 3.8) is 0 Å². The van der Waals surface area contributed by atoms with E-state index in [-0.39, 0.29) is 6.04 Å². The van der Waals surface area contributed by atoms with E-state index in [9.17, 15) is 0 Å². The van der Waals surface area contributed by atoms with Gasteiger partial charge in [0.15, 0.2) is 0 Å². The first-order valence-electron chi connectivity index (χ1n) is 5.54. The van der Waals surface area contributed by atoms with E-state index in [1.807, 2.05) is 18.2 Å². The lowest BCUT2D eigenvalue weighted by Gasteiger charge is -2.16. The van der Waals surface area contributed by atoms with Gasteiger partial charge >= 0.3 is 0 Å². The second-order valence-electron chi connectivity index (χ2n) is 4.33. The van der Waals surface area contributed by atoms with Crippen molar-refractivity contribution in [2.24, 2.45) is 11.7 Å². The third-order valence-corrected chi connectivity index (χ3v) is 2.74. The molecule has 16 heavy (non-hydrogen) atoms. The second-order valence-corrected chi connectivity index (χ2v) is 4.33. The van der Waals surface area contributed by atoms with Crippen LogP contribution in [0.1, 0.15) is 19.4 Å². The van der Waals surface area contributed by atoms with Crippen LogP contribution in [0.5, 0.6) is 11.5 Å². The number of hydrogen-bond donors (Lipinski definition) is 1. The highest BCUT2D eigenvalue weighted by Gasteiger charge is 2.10. The van der Waals surface area contributed by atoms with Crippen LogP contribution >= 0.6 is 0 Å². The largest absolute Gasteiger partial charge is 0.497 e. The molecular formula is C13H21NO2. The van der Waals surface area contributed by atoms with Crippen molar-refractivity contribution >= 4 is 0 Å². The molecule has 0 radical (unpaired) electrons. The topological polar surface area (TPSA) is 44.5 Å². The van der Waals surface area contributed by atoms with E-state index < -0.39 is 0 Å². The molecule has 3 nitrogen and oxygen atoms in total. The molecule has 0 fully saturated rings. The van der Waals surface area contributed by atoms with Gasteiger partial charge in [0.25, 0.3) is 0 Å². The quantitative estimate of drug-likeness (QED) is 0.832. The summed E-state index contributed by atoms with van der Waals surface area (Å²) >= 11 is 0. The van der Waals surface area contributed by atoms with Gasteiger partial charge in [-0.1, -0.05) is 13.8 Å². The van der Waals surface area contributed by atoms with Gasteiger partial charge < -0.3 is 15.2 Å². The average molecular weight is 223 g/mol. The highest BCUT2D eigenvalue weighted by Crippen LogP contribution is 2.23. The Morgan fingerprint density at radius 3 is 1.94 bits per heavy atom. The molecule has 1 atom stereocenters. The fourth-order valence-corrected chi connectivity index (χ4v) is 1.49. The normalized spacial score (nSPS) is 12.6. The SMILES string of the molecule is COc1cc(CC(N)C(C)C)cc(OC)c1. The first-order valence-corrected chi connectivity index (χ1v) is 5.54. The van der Waals surface area contributed by atoms with E-state index in [0.29, 0.717) is 5.92 Å². The molecule has 1 aromatic rings. The Bertz CT molecular complexity index is 314. The highest BCUT2D eigenvalue weighted by atomic mass is 16.5. The average Bonchev–Trinajstić information content (AvgIpc) is 2.28. The van der Waals surface area contributed by atoms with Gasteiger partial charge in [-0.3, -0.25) is 0 Å². The molecule has 1 aromatic carbocycles. The zero-order chi connectivity index (χ0) is 12.1. The summed E-state index contributed by atoms with van der Waals surface area (Å²) in [5.41, 5.74) is 7.20. The smallest absolute Gasteiger partial charge is 0.122 e. The first kappa shape index (κ1) is 12.8. The maximum Gasteiger partial charge on any atom is 0.122 e. The molecule has 0 aliphatic rings. The highest BCUT2D eigenvalue weighted by molar-refractivity contribution is 5.38. The third-order valence-electron chi connectivity index (χ3n) is 2.74. The molecule has 0 amide bonds. The minimum Gasteiger partial charge on any atom is -0.497 e. The van der Waals surface area contributed by atoms with Crippen molar-refractivity contribution in [1.29, 1.82) is 0 Å². The monoisotopic (exact) mass is 223 g/mol. The van der Waals surface area contributed by atoms with Crippen LogP contribution in [0.3, 0.4) is 0 Å². The van der Waals surface area contributed by atoms with Crippen molar-refractivity contribution in [2.45, 2.75) is 26.3 Å². The van der Waals surface area contributed by atoms with Crippen LogP contribution in [0.25, 0.3) is 0 Å². The number of ether oxygens (including phenoxy) is 2. The van der Waals surface area contributed by atoms with Gasteiger partial charge in [0.1, 0.15) is 11.5 Å². The number of benzene rings is 1. The second kappa shape index (κ2) is 5.75. The maximum atomic E-state index is 6.05. The predicted octanol–water partition coefficient (Wildman–Crippen LogP) is 2.23. The molecule has 0 aliphatic heterocycles. The van der Waals surface area contributed by atoms with E-state index in [4.69, 9.17) is 15.2 Å². The van der Waals surface area contributed by atoms with E-state index in [1.165, 1.54) is 0 Å². The van der Waals surface area contributed by atoms with Gasteiger partial charge in [0.2, 0.25) is 0 Å². The maximum absolute atomic E-state index is 6.05. The van der Waals surface area contributed by atoms with E-state index in [2.05, 4.69) is 13.8 Å². The van der Waals surface area contributed by atoms with E-state index in [0.717, 1.165) is 23.5 Å². The predicted molar refractivity (Wildman–Crippen MR) is 66.1 cm³/mol. The van der Waals surface area contributed by atoms with Crippen LogP contribution in [0.4, 0.5) is 0 Å². The zero-order valence-corrected chi connectivity index (χ0v) is 10.5. The summed E-state index contributed by atoms with van der Waals surface area (Å²) in [7, 11) is 3.31. The summed E-state index contributed by atoms with van der Waals surface area (Å²) in [5.74, 6) is 2.09. The number of rotatable bonds is 5. The number of nitrogens with two attached hydrogens (primary N) is 1. The van der Waals surface area contributed by atoms with Crippen molar-refractivity contribution in [2.75, 3.05) is 14.2 Å². The molecule has 0 spiro atoms. The fraction of sp³-hybridized carbons (Fsp3) is 0.538. The number of methoxy groups -OCH3 is 2. The van der Waals surface area contributed by atoms with Gasteiger partial charge in [-0.15, -0.1) is 0 Å². The van der Waals surface area contributed by atoms with E-state index in [1.54, 1.807) is 14.2 Å². The lowest BCUT2D eigenvalue weighted by molar-refractivity contribution is 0.392. The van der Waals surface area contributed by atoms with Gasteiger partial charge in [-0.25, -0.2) is 0 Å². The van der Waals surface area contributed by atoms with Crippen LogP contribution < -0.4 is 15.2 Å². The van der Waals surface area contributed by atoms with Crippen molar-refractivity contribution in [3.8, 4) is 11.5 Å². The summed E-state index contributed by atoms with van der Waals surface area (Å²) in [6, 6.07) is 6.04. The van der Waals surface area contributed by atoms with E-state index >= 15 is 0 Å². The Balaban J connectivity index is 2.86. The summed E-state index contributed by atoms with van der Waals surface area (Å²) in [5, 5.41) is 0. The molecule has 0 bridgehead atoms. The van der Waals surface area contributed by atoms with Gasteiger partial charge in [-0.05, 0) is 30.0 Å².